The van der Waals surface area contributed by atoms with Gasteiger partial charge in [0.2, 0.25) is 5.95 Å². The van der Waals surface area contributed by atoms with Gasteiger partial charge in [-0.25, -0.2) is 0 Å². The van der Waals surface area contributed by atoms with Crippen molar-refractivity contribution in [2.75, 3.05) is 5.32 Å². The van der Waals surface area contributed by atoms with Crippen LogP contribution in [0.2, 0.25) is 0 Å². The summed E-state index contributed by atoms with van der Waals surface area (Å²) in [7, 11) is 1.75. The molecule has 0 aromatic carbocycles. The Kier molecular flexibility index (Phi) is 2.94. The summed E-state index contributed by atoms with van der Waals surface area (Å²) in [6.45, 7) is 1.95. The molecule has 0 bridgehead atoms. The summed E-state index contributed by atoms with van der Waals surface area (Å²) in [5, 5.41) is 7.64. The molecule has 2 N–H and O–H groups in total. The monoisotopic (exact) mass is 270 g/mol. The Bertz CT molecular complexity index is 791. The van der Waals surface area contributed by atoms with Crippen LogP contribution in [0.25, 0.3) is 11.0 Å². The van der Waals surface area contributed by atoms with Crippen LogP contribution >= 0.6 is 0 Å². The lowest BCUT2D eigenvalue weighted by atomic mass is 10.2. The van der Waals surface area contributed by atoms with E-state index in [1.165, 1.54) is 6.20 Å². The molecule has 3 rings (SSSR count). The average molecular weight is 270 g/mol. The standard InChI is InChI=1S/C13H14N6O/c1-8(10-5-3-4-6-14-10)16-13-17-11-9(12(20)18-13)7-15-19(11)2/h3-8H,1-2H3,(H2,16,17,18,20)/t8-/m1/s1. The summed E-state index contributed by atoms with van der Waals surface area (Å²) < 4.78 is 1.57. The molecule has 3 aromatic heterocycles. The molecule has 1 atom stereocenters. The van der Waals surface area contributed by atoms with Gasteiger partial charge in [0, 0.05) is 13.2 Å². The normalized spacial score (nSPS) is 12.5. The number of aromatic amines is 1. The van der Waals surface area contributed by atoms with Crippen LogP contribution in [0.3, 0.4) is 0 Å². The first-order valence-corrected chi connectivity index (χ1v) is 6.24. The summed E-state index contributed by atoms with van der Waals surface area (Å²) in [5.74, 6) is 0.407. The fraction of sp³-hybridized carbons (Fsp3) is 0.231. The Morgan fingerprint density at radius 3 is 3.00 bits per heavy atom. The molecule has 7 nitrogen and oxygen atoms in total. The average Bonchev–Trinajstić information content (AvgIpc) is 2.82. The molecule has 0 fully saturated rings. The minimum absolute atomic E-state index is 0.0648. The van der Waals surface area contributed by atoms with Crippen molar-refractivity contribution in [3.8, 4) is 0 Å². The number of hydrogen-bond donors (Lipinski definition) is 2. The zero-order chi connectivity index (χ0) is 14.1. The van der Waals surface area contributed by atoms with Gasteiger partial charge in [-0.2, -0.15) is 10.1 Å². The van der Waals surface area contributed by atoms with E-state index >= 15 is 0 Å². The van der Waals surface area contributed by atoms with E-state index in [2.05, 4.69) is 25.4 Å². The van der Waals surface area contributed by atoms with Crippen LogP contribution < -0.4 is 10.9 Å². The van der Waals surface area contributed by atoms with Gasteiger partial charge in [-0.3, -0.25) is 19.4 Å². The predicted molar refractivity (Wildman–Crippen MR) is 75.4 cm³/mol. The predicted octanol–water partition coefficient (Wildman–Crippen LogP) is 1.22. The molecule has 0 aliphatic carbocycles. The van der Waals surface area contributed by atoms with Crippen molar-refractivity contribution in [2.45, 2.75) is 13.0 Å². The molecule has 0 saturated carbocycles. The van der Waals surface area contributed by atoms with E-state index in [1.54, 1.807) is 17.9 Å². The second kappa shape index (κ2) is 4.76. The number of nitrogens with zero attached hydrogens (tertiary/aromatic N) is 4. The number of nitrogens with one attached hydrogen (secondary N) is 2. The third-order valence-corrected chi connectivity index (χ3v) is 3.09. The van der Waals surface area contributed by atoms with Gasteiger partial charge >= 0.3 is 0 Å². The fourth-order valence-corrected chi connectivity index (χ4v) is 2.01. The maximum Gasteiger partial charge on any atom is 0.263 e. The van der Waals surface area contributed by atoms with E-state index in [0.717, 1.165) is 5.69 Å². The second-order valence-corrected chi connectivity index (χ2v) is 4.54. The highest BCUT2D eigenvalue weighted by atomic mass is 16.1. The molecule has 7 heteroatoms. The third-order valence-electron chi connectivity index (χ3n) is 3.09. The molecule has 0 radical (unpaired) electrons. The quantitative estimate of drug-likeness (QED) is 0.747. The Morgan fingerprint density at radius 2 is 2.25 bits per heavy atom. The Labute approximate surface area is 114 Å². The lowest BCUT2D eigenvalue weighted by Crippen LogP contribution is -2.16. The molecule has 3 aromatic rings. The molecular weight excluding hydrogens is 256 g/mol. The summed E-state index contributed by atoms with van der Waals surface area (Å²) in [4.78, 5) is 23.3. The maximum absolute atomic E-state index is 11.9. The Balaban J connectivity index is 1.95. The summed E-state index contributed by atoms with van der Waals surface area (Å²) in [6, 6.07) is 5.63. The molecule has 0 unspecified atom stereocenters. The highest BCUT2D eigenvalue weighted by molar-refractivity contribution is 5.74. The first kappa shape index (κ1) is 12.3. The minimum atomic E-state index is -0.209. The first-order valence-electron chi connectivity index (χ1n) is 6.24. The second-order valence-electron chi connectivity index (χ2n) is 4.54. The van der Waals surface area contributed by atoms with Crippen LogP contribution in [0, 0.1) is 0 Å². The third kappa shape index (κ3) is 2.13. The molecule has 0 saturated heterocycles. The Hall–Kier alpha value is -2.70. The number of pyridine rings is 1. The lowest BCUT2D eigenvalue weighted by molar-refractivity contribution is 0.780. The van der Waals surface area contributed by atoms with Crippen molar-refractivity contribution in [1.82, 2.24) is 24.7 Å². The summed E-state index contributed by atoms with van der Waals surface area (Å²) in [6.07, 6.45) is 3.24. The van der Waals surface area contributed by atoms with Gasteiger partial charge in [-0.15, -0.1) is 0 Å². The largest absolute Gasteiger partial charge is 0.348 e. The van der Waals surface area contributed by atoms with Crippen molar-refractivity contribution >= 4 is 17.0 Å². The number of aryl methyl sites for hydroxylation is 1. The topological polar surface area (TPSA) is 88.5 Å². The molecular formula is C13H14N6O. The molecule has 102 valence electrons. The van der Waals surface area contributed by atoms with E-state index in [0.29, 0.717) is 17.0 Å². The van der Waals surface area contributed by atoms with Gasteiger partial charge in [0.15, 0.2) is 5.65 Å². The van der Waals surface area contributed by atoms with Crippen LogP contribution in [0.5, 0.6) is 0 Å². The highest BCUT2D eigenvalue weighted by Gasteiger charge is 2.11. The number of aromatic nitrogens is 5. The first-order chi connectivity index (χ1) is 9.65. The summed E-state index contributed by atoms with van der Waals surface area (Å²) >= 11 is 0. The van der Waals surface area contributed by atoms with Crippen molar-refractivity contribution in [3.63, 3.8) is 0 Å². The van der Waals surface area contributed by atoms with Crippen molar-refractivity contribution in [3.05, 3.63) is 46.6 Å². The van der Waals surface area contributed by atoms with Crippen LogP contribution in [-0.4, -0.2) is 24.7 Å². The zero-order valence-corrected chi connectivity index (χ0v) is 11.2. The SMILES string of the molecule is C[C@@H](Nc1nc2c(cnn2C)c(=O)[nH]1)c1ccccn1. The van der Waals surface area contributed by atoms with E-state index in [4.69, 9.17) is 0 Å². The minimum Gasteiger partial charge on any atom is -0.348 e. The van der Waals surface area contributed by atoms with E-state index < -0.39 is 0 Å². The number of fused-ring (bicyclic) bond motifs is 1. The molecule has 0 aliphatic rings. The van der Waals surface area contributed by atoms with Crippen LogP contribution in [0.1, 0.15) is 18.7 Å². The van der Waals surface area contributed by atoms with Gasteiger partial charge in [0.1, 0.15) is 5.39 Å². The van der Waals surface area contributed by atoms with Crippen molar-refractivity contribution < 1.29 is 0 Å². The number of anilines is 1. The lowest BCUT2D eigenvalue weighted by Gasteiger charge is -2.13. The van der Waals surface area contributed by atoms with Crippen LogP contribution in [0.15, 0.2) is 35.4 Å². The molecule has 0 amide bonds. The van der Waals surface area contributed by atoms with Crippen molar-refractivity contribution in [1.29, 1.82) is 0 Å². The smallest absolute Gasteiger partial charge is 0.263 e. The van der Waals surface area contributed by atoms with E-state index in [1.807, 2.05) is 25.1 Å². The van der Waals surface area contributed by atoms with Crippen molar-refractivity contribution in [2.24, 2.45) is 7.05 Å². The summed E-state index contributed by atoms with van der Waals surface area (Å²) in [5.41, 5.74) is 1.21. The molecule has 20 heavy (non-hydrogen) atoms. The van der Waals surface area contributed by atoms with Gasteiger partial charge < -0.3 is 5.32 Å². The fourth-order valence-electron chi connectivity index (χ4n) is 2.01. The molecule has 3 heterocycles. The van der Waals surface area contributed by atoms with E-state index in [9.17, 15) is 4.79 Å². The van der Waals surface area contributed by atoms with Crippen LogP contribution in [-0.2, 0) is 7.05 Å². The van der Waals surface area contributed by atoms with Gasteiger partial charge in [-0.1, -0.05) is 6.07 Å². The maximum atomic E-state index is 11.9. The van der Waals surface area contributed by atoms with Gasteiger partial charge in [0.25, 0.3) is 5.56 Å². The van der Waals surface area contributed by atoms with Gasteiger partial charge in [0.05, 0.1) is 17.9 Å². The number of rotatable bonds is 3. The molecule has 0 spiro atoms. The van der Waals surface area contributed by atoms with E-state index in [-0.39, 0.29) is 11.6 Å². The number of H-pyrrole nitrogens is 1. The Morgan fingerprint density at radius 1 is 1.40 bits per heavy atom. The highest BCUT2D eigenvalue weighted by Crippen LogP contribution is 2.14. The van der Waals surface area contributed by atoms with Gasteiger partial charge in [-0.05, 0) is 19.1 Å². The number of hydrogen-bond acceptors (Lipinski definition) is 5. The zero-order valence-electron chi connectivity index (χ0n) is 11.2. The molecule has 0 aliphatic heterocycles. The van der Waals surface area contributed by atoms with Crippen LogP contribution in [0.4, 0.5) is 5.95 Å².